The van der Waals surface area contributed by atoms with E-state index < -0.39 is 6.04 Å². The van der Waals surface area contributed by atoms with Gasteiger partial charge < -0.3 is 20.3 Å². The topological polar surface area (TPSA) is 70.7 Å². The van der Waals surface area contributed by atoms with E-state index in [2.05, 4.69) is 10.6 Å². The summed E-state index contributed by atoms with van der Waals surface area (Å²) in [6.45, 7) is 1.91. The summed E-state index contributed by atoms with van der Waals surface area (Å²) in [4.78, 5) is 27.3. The zero-order valence-corrected chi connectivity index (χ0v) is 16.1. The molecule has 2 amide bonds. The van der Waals surface area contributed by atoms with Gasteiger partial charge in [0.1, 0.15) is 6.04 Å². The number of ether oxygens (including phenoxy) is 1. The van der Waals surface area contributed by atoms with Gasteiger partial charge in [0.25, 0.3) is 0 Å². The third-order valence-electron chi connectivity index (χ3n) is 4.82. The van der Waals surface area contributed by atoms with Gasteiger partial charge in [-0.05, 0) is 17.7 Å². The number of morpholine rings is 1. The Hall–Kier alpha value is -2.70. The normalized spacial score (nSPS) is 17.5. The summed E-state index contributed by atoms with van der Waals surface area (Å²) in [7, 11) is 1.73. The Bertz CT molecular complexity index is 761. The average molecular weight is 381 g/mol. The predicted octanol–water partition coefficient (Wildman–Crippen LogP) is 1.76. The third kappa shape index (κ3) is 5.65. The SMILES string of the molecule is CN(C(=O)[C@H](Cc1ccccc1)NC(=O)CC1COCCN1)c1ccccc1. The van der Waals surface area contributed by atoms with Gasteiger partial charge in [-0.1, -0.05) is 48.5 Å². The molecular weight excluding hydrogens is 354 g/mol. The van der Waals surface area contributed by atoms with Gasteiger partial charge >= 0.3 is 0 Å². The number of likely N-dealkylation sites (N-methyl/N-ethyl adjacent to an activating group) is 1. The van der Waals surface area contributed by atoms with Crippen LogP contribution in [0.2, 0.25) is 0 Å². The summed E-state index contributed by atoms with van der Waals surface area (Å²) < 4.78 is 5.41. The van der Waals surface area contributed by atoms with Crippen LogP contribution < -0.4 is 15.5 Å². The van der Waals surface area contributed by atoms with E-state index in [0.717, 1.165) is 17.8 Å². The maximum absolute atomic E-state index is 13.1. The van der Waals surface area contributed by atoms with Crippen molar-refractivity contribution in [1.29, 1.82) is 0 Å². The van der Waals surface area contributed by atoms with Crippen LogP contribution in [-0.4, -0.2) is 50.7 Å². The van der Waals surface area contributed by atoms with Crippen LogP contribution in [0.5, 0.6) is 0 Å². The molecule has 3 rings (SSSR count). The minimum absolute atomic E-state index is 0.0203. The van der Waals surface area contributed by atoms with Gasteiger partial charge in [0, 0.05) is 38.2 Å². The first kappa shape index (κ1) is 20.0. The van der Waals surface area contributed by atoms with E-state index in [1.807, 2.05) is 60.7 Å². The predicted molar refractivity (Wildman–Crippen MR) is 109 cm³/mol. The second-order valence-electron chi connectivity index (χ2n) is 6.97. The van der Waals surface area contributed by atoms with E-state index in [9.17, 15) is 9.59 Å². The minimum Gasteiger partial charge on any atom is -0.378 e. The molecule has 1 aliphatic heterocycles. The highest BCUT2D eigenvalue weighted by molar-refractivity contribution is 5.99. The number of nitrogens with one attached hydrogen (secondary N) is 2. The summed E-state index contributed by atoms with van der Waals surface area (Å²) in [5.41, 5.74) is 1.80. The average Bonchev–Trinajstić information content (AvgIpc) is 2.74. The first-order chi connectivity index (χ1) is 13.6. The van der Waals surface area contributed by atoms with Crippen LogP contribution in [0.3, 0.4) is 0 Å². The Kier molecular flexibility index (Phi) is 7.17. The number of rotatable bonds is 7. The molecule has 1 saturated heterocycles. The molecule has 0 spiro atoms. The summed E-state index contributed by atoms with van der Waals surface area (Å²) >= 11 is 0. The number of nitrogens with zero attached hydrogens (tertiary/aromatic N) is 1. The number of carbonyl (C=O) groups excluding carboxylic acids is 2. The van der Waals surface area contributed by atoms with Crippen molar-refractivity contribution in [2.45, 2.75) is 24.9 Å². The molecule has 0 radical (unpaired) electrons. The number of carbonyl (C=O) groups is 2. The number of amides is 2. The fourth-order valence-electron chi connectivity index (χ4n) is 3.29. The van der Waals surface area contributed by atoms with Crippen molar-refractivity contribution in [2.75, 3.05) is 31.7 Å². The molecule has 1 aliphatic rings. The van der Waals surface area contributed by atoms with E-state index in [4.69, 9.17) is 4.74 Å². The van der Waals surface area contributed by atoms with Gasteiger partial charge in [0.05, 0.1) is 13.2 Å². The standard InChI is InChI=1S/C22H27N3O3/c1-25(19-10-6-3-7-11-19)22(27)20(14-17-8-4-2-5-9-17)24-21(26)15-18-16-28-13-12-23-18/h2-11,18,20,23H,12-16H2,1H3,(H,24,26)/t18?,20-/m0/s1. The molecule has 0 aromatic heterocycles. The van der Waals surface area contributed by atoms with Crippen molar-refractivity contribution in [1.82, 2.24) is 10.6 Å². The van der Waals surface area contributed by atoms with Crippen molar-refractivity contribution in [3.8, 4) is 0 Å². The van der Waals surface area contributed by atoms with Gasteiger partial charge in [-0.15, -0.1) is 0 Å². The van der Waals surface area contributed by atoms with Crippen LogP contribution in [-0.2, 0) is 20.7 Å². The number of hydrogen-bond donors (Lipinski definition) is 2. The van der Waals surface area contributed by atoms with E-state index in [0.29, 0.717) is 19.6 Å². The Morgan fingerprint density at radius 2 is 1.82 bits per heavy atom. The van der Waals surface area contributed by atoms with E-state index in [1.54, 1.807) is 11.9 Å². The number of benzene rings is 2. The van der Waals surface area contributed by atoms with Crippen LogP contribution >= 0.6 is 0 Å². The number of anilines is 1. The van der Waals surface area contributed by atoms with Crippen molar-refractivity contribution < 1.29 is 14.3 Å². The van der Waals surface area contributed by atoms with Crippen LogP contribution in [0, 0.1) is 0 Å². The lowest BCUT2D eigenvalue weighted by Gasteiger charge is -2.27. The van der Waals surface area contributed by atoms with Gasteiger partial charge in [-0.3, -0.25) is 9.59 Å². The van der Waals surface area contributed by atoms with E-state index in [-0.39, 0.29) is 24.3 Å². The summed E-state index contributed by atoms with van der Waals surface area (Å²) in [6, 6.07) is 18.5. The molecule has 1 fully saturated rings. The van der Waals surface area contributed by atoms with Crippen LogP contribution in [0.25, 0.3) is 0 Å². The lowest BCUT2D eigenvalue weighted by molar-refractivity contribution is -0.128. The molecule has 1 unspecified atom stereocenters. The highest BCUT2D eigenvalue weighted by Crippen LogP contribution is 2.14. The summed E-state index contributed by atoms with van der Waals surface area (Å²) in [6.07, 6.45) is 0.727. The minimum atomic E-state index is -0.635. The Balaban J connectivity index is 1.70. The summed E-state index contributed by atoms with van der Waals surface area (Å²) in [5, 5.41) is 6.21. The van der Waals surface area contributed by atoms with Crippen molar-refractivity contribution in [3.05, 3.63) is 66.2 Å². The molecule has 2 aromatic rings. The van der Waals surface area contributed by atoms with Crippen LogP contribution in [0.4, 0.5) is 5.69 Å². The molecule has 28 heavy (non-hydrogen) atoms. The first-order valence-corrected chi connectivity index (χ1v) is 9.60. The van der Waals surface area contributed by atoms with Crippen LogP contribution in [0.15, 0.2) is 60.7 Å². The monoisotopic (exact) mass is 381 g/mol. The number of hydrogen-bond acceptors (Lipinski definition) is 4. The molecule has 0 bridgehead atoms. The molecule has 2 N–H and O–H groups in total. The van der Waals surface area contributed by atoms with Gasteiger partial charge in [-0.25, -0.2) is 0 Å². The molecule has 0 aliphatic carbocycles. The molecule has 2 aromatic carbocycles. The Morgan fingerprint density at radius 3 is 2.46 bits per heavy atom. The fourth-order valence-corrected chi connectivity index (χ4v) is 3.29. The van der Waals surface area contributed by atoms with Crippen molar-refractivity contribution in [3.63, 3.8) is 0 Å². The van der Waals surface area contributed by atoms with Gasteiger partial charge in [-0.2, -0.15) is 0 Å². The zero-order chi connectivity index (χ0) is 19.8. The molecule has 2 atom stereocenters. The number of para-hydroxylation sites is 1. The van der Waals surface area contributed by atoms with Gasteiger partial charge in [0.2, 0.25) is 11.8 Å². The van der Waals surface area contributed by atoms with Crippen molar-refractivity contribution in [2.24, 2.45) is 0 Å². The van der Waals surface area contributed by atoms with Gasteiger partial charge in [0.15, 0.2) is 0 Å². The molecule has 6 nitrogen and oxygen atoms in total. The molecular formula is C22H27N3O3. The first-order valence-electron chi connectivity index (χ1n) is 9.60. The second-order valence-corrected chi connectivity index (χ2v) is 6.97. The lowest BCUT2D eigenvalue weighted by atomic mass is 10.0. The summed E-state index contributed by atoms with van der Waals surface area (Å²) in [5.74, 6) is -0.296. The molecule has 148 valence electrons. The zero-order valence-electron chi connectivity index (χ0n) is 16.1. The third-order valence-corrected chi connectivity index (χ3v) is 4.82. The fraction of sp³-hybridized carbons (Fsp3) is 0.364. The molecule has 1 heterocycles. The smallest absolute Gasteiger partial charge is 0.249 e. The van der Waals surface area contributed by atoms with E-state index >= 15 is 0 Å². The lowest BCUT2D eigenvalue weighted by Crippen LogP contribution is -2.51. The van der Waals surface area contributed by atoms with Crippen molar-refractivity contribution >= 4 is 17.5 Å². The quantitative estimate of drug-likeness (QED) is 0.767. The molecule has 6 heteroatoms. The molecule has 0 saturated carbocycles. The highest BCUT2D eigenvalue weighted by Gasteiger charge is 2.26. The maximum atomic E-state index is 13.1. The Morgan fingerprint density at radius 1 is 1.14 bits per heavy atom. The maximum Gasteiger partial charge on any atom is 0.249 e. The Labute approximate surface area is 165 Å². The highest BCUT2D eigenvalue weighted by atomic mass is 16.5. The second kappa shape index (κ2) is 10.0. The van der Waals surface area contributed by atoms with E-state index in [1.165, 1.54) is 0 Å². The largest absolute Gasteiger partial charge is 0.378 e. The van der Waals surface area contributed by atoms with Crippen LogP contribution in [0.1, 0.15) is 12.0 Å².